The molecule has 0 fully saturated rings. The van der Waals surface area contributed by atoms with Gasteiger partial charge < -0.3 is 0 Å². The van der Waals surface area contributed by atoms with Crippen LogP contribution >= 0.6 is 55.1 Å². The summed E-state index contributed by atoms with van der Waals surface area (Å²) < 4.78 is 2.04. The highest BCUT2D eigenvalue weighted by Crippen LogP contribution is 2.30. The van der Waals surface area contributed by atoms with E-state index in [-0.39, 0.29) is 5.38 Å². The zero-order valence-electron chi connectivity index (χ0n) is 9.34. The number of halogens is 4. The van der Waals surface area contributed by atoms with Crippen molar-refractivity contribution in [1.29, 1.82) is 0 Å². The van der Waals surface area contributed by atoms with Crippen LogP contribution in [0.1, 0.15) is 16.5 Å². The molecule has 0 aromatic heterocycles. The van der Waals surface area contributed by atoms with Gasteiger partial charge >= 0.3 is 0 Å². The molecule has 0 amide bonds. The Morgan fingerprint density at radius 1 is 0.944 bits per heavy atom. The van der Waals surface area contributed by atoms with Crippen LogP contribution in [0.5, 0.6) is 0 Å². The molecular weight excluding hydrogens is 399 g/mol. The minimum absolute atomic E-state index is 0.0556. The third kappa shape index (κ3) is 3.99. The van der Waals surface area contributed by atoms with Gasteiger partial charge in [-0.15, -0.1) is 11.6 Å². The van der Waals surface area contributed by atoms with Gasteiger partial charge in [-0.05, 0) is 47.9 Å². The monoisotopic (exact) mass is 406 g/mol. The first-order valence-electron chi connectivity index (χ1n) is 5.39. The first kappa shape index (κ1) is 14.4. The zero-order valence-corrected chi connectivity index (χ0v) is 14.0. The van der Waals surface area contributed by atoms with Crippen molar-refractivity contribution in [2.24, 2.45) is 0 Å². The standard InChI is InChI=1S/C14H10Br2Cl2/c15-11-6-10(7-12(16)8-11)14(18)5-9-1-3-13(17)4-2-9/h1-4,6-8,14H,5H2. The highest BCUT2D eigenvalue weighted by molar-refractivity contribution is 9.11. The van der Waals surface area contributed by atoms with E-state index in [1.807, 2.05) is 42.5 Å². The van der Waals surface area contributed by atoms with Gasteiger partial charge in [0.25, 0.3) is 0 Å². The molecule has 0 aliphatic rings. The van der Waals surface area contributed by atoms with Crippen LogP contribution in [-0.4, -0.2) is 0 Å². The average molecular weight is 409 g/mol. The molecule has 18 heavy (non-hydrogen) atoms. The summed E-state index contributed by atoms with van der Waals surface area (Å²) in [6.07, 6.45) is 0.779. The number of benzene rings is 2. The highest BCUT2D eigenvalue weighted by Gasteiger charge is 2.10. The Kier molecular flexibility index (Phi) is 5.14. The van der Waals surface area contributed by atoms with Crippen LogP contribution < -0.4 is 0 Å². The Hall–Kier alpha value is -0.0200. The zero-order chi connectivity index (χ0) is 13.1. The van der Waals surface area contributed by atoms with E-state index in [1.54, 1.807) is 0 Å². The van der Waals surface area contributed by atoms with Crippen molar-refractivity contribution in [3.63, 3.8) is 0 Å². The van der Waals surface area contributed by atoms with Crippen LogP contribution in [0.15, 0.2) is 51.4 Å². The fourth-order valence-corrected chi connectivity index (χ4v) is 3.46. The van der Waals surface area contributed by atoms with Gasteiger partial charge in [0.2, 0.25) is 0 Å². The number of hydrogen-bond acceptors (Lipinski definition) is 0. The summed E-state index contributed by atoms with van der Waals surface area (Å²) in [5.74, 6) is 0. The molecule has 2 rings (SSSR count). The lowest BCUT2D eigenvalue weighted by atomic mass is 10.0. The van der Waals surface area contributed by atoms with Gasteiger partial charge in [-0.1, -0.05) is 55.6 Å². The van der Waals surface area contributed by atoms with E-state index in [0.717, 1.165) is 26.0 Å². The lowest BCUT2D eigenvalue weighted by Gasteiger charge is -2.11. The largest absolute Gasteiger partial charge is 0.117 e. The summed E-state index contributed by atoms with van der Waals surface area (Å²) in [7, 11) is 0. The van der Waals surface area contributed by atoms with Crippen LogP contribution in [-0.2, 0) is 6.42 Å². The summed E-state index contributed by atoms with van der Waals surface area (Å²) in [6.45, 7) is 0. The van der Waals surface area contributed by atoms with Crippen molar-refractivity contribution < 1.29 is 0 Å². The molecule has 0 bridgehead atoms. The quantitative estimate of drug-likeness (QED) is 0.516. The summed E-state index contributed by atoms with van der Waals surface area (Å²) in [4.78, 5) is 0. The molecule has 4 heteroatoms. The Bertz CT molecular complexity index is 518. The second kappa shape index (κ2) is 6.42. The maximum Gasteiger partial charge on any atom is 0.0626 e. The fourth-order valence-electron chi connectivity index (χ4n) is 1.70. The summed E-state index contributed by atoms with van der Waals surface area (Å²) in [6, 6.07) is 13.9. The lowest BCUT2D eigenvalue weighted by molar-refractivity contribution is 0.918. The van der Waals surface area contributed by atoms with Crippen molar-refractivity contribution in [3.05, 3.63) is 67.6 Å². The Balaban J connectivity index is 2.16. The van der Waals surface area contributed by atoms with Gasteiger partial charge in [-0.2, -0.15) is 0 Å². The van der Waals surface area contributed by atoms with Gasteiger partial charge in [-0.25, -0.2) is 0 Å². The molecule has 1 unspecified atom stereocenters. The van der Waals surface area contributed by atoms with Crippen molar-refractivity contribution in [2.45, 2.75) is 11.8 Å². The third-order valence-corrected chi connectivity index (χ3v) is 4.15. The van der Waals surface area contributed by atoms with E-state index >= 15 is 0 Å². The molecule has 1 atom stereocenters. The number of hydrogen-bond donors (Lipinski definition) is 0. The van der Waals surface area contributed by atoms with Crippen LogP contribution in [0.4, 0.5) is 0 Å². The van der Waals surface area contributed by atoms with Crippen LogP contribution in [0.3, 0.4) is 0 Å². The summed E-state index contributed by atoms with van der Waals surface area (Å²) >= 11 is 19.3. The molecule has 0 saturated heterocycles. The molecule has 0 saturated carbocycles. The van der Waals surface area contributed by atoms with Crippen molar-refractivity contribution in [2.75, 3.05) is 0 Å². The Morgan fingerprint density at radius 3 is 2.06 bits per heavy atom. The maximum atomic E-state index is 6.45. The Morgan fingerprint density at radius 2 is 1.50 bits per heavy atom. The number of rotatable bonds is 3. The van der Waals surface area contributed by atoms with E-state index in [4.69, 9.17) is 23.2 Å². The third-order valence-electron chi connectivity index (χ3n) is 2.57. The second-order valence-electron chi connectivity index (χ2n) is 4.00. The van der Waals surface area contributed by atoms with E-state index in [2.05, 4.69) is 31.9 Å². The molecular formula is C14H10Br2Cl2. The van der Waals surface area contributed by atoms with Gasteiger partial charge in [0, 0.05) is 14.0 Å². The van der Waals surface area contributed by atoms with E-state index in [0.29, 0.717) is 0 Å². The molecule has 0 radical (unpaired) electrons. The topological polar surface area (TPSA) is 0 Å². The molecule has 2 aromatic carbocycles. The predicted octanol–water partition coefficient (Wildman–Crippen LogP) is 6.39. The first-order chi connectivity index (χ1) is 8.54. The SMILES string of the molecule is Clc1ccc(CC(Cl)c2cc(Br)cc(Br)c2)cc1. The molecule has 2 aromatic rings. The van der Waals surface area contributed by atoms with Gasteiger partial charge in [-0.3, -0.25) is 0 Å². The first-order valence-corrected chi connectivity index (χ1v) is 7.79. The van der Waals surface area contributed by atoms with Crippen molar-refractivity contribution in [1.82, 2.24) is 0 Å². The molecule has 94 valence electrons. The van der Waals surface area contributed by atoms with Crippen LogP contribution in [0.2, 0.25) is 5.02 Å². The lowest BCUT2D eigenvalue weighted by Crippen LogP contribution is -1.96. The minimum atomic E-state index is -0.0556. The smallest absolute Gasteiger partial charge is 0.0626 e. The van der Waals surface area contributed by atoms with E-state index in [1.165, 1.54) is 5.56 Å². The second-order valence-corrected chi connectivity index (χ2v) is 6.80. The summed E-state index contributed by atoms with van der Waals surface area (Å²) in [5, 5.41) is 0.690. The van der Waals surface area contributed by atoms with E-state index in [9.17, 15) is 0 Å². The normalized spacial score (nSPS) is 12.4. The molecule has 0 nitrogen and oxygen atoms in total. The van der Waals surface area contributed by atoms with Gasteiger partial charge in [0.05, 0.1) is 5.38 Å². The summed E-state index contributed by atoms with van der Waals surface area (Å²) in [5.41, 5.74) is 2.27. The van der Waals surface area contributed by atoms with Crippen molar-refractivity contribution >= 4 is 55.1 Å². The van der Waals surface area contributed by atoms with Crippen LogP contribution in [0.25, 0.3) is 0 Å². The van der Waals surface area contributed by atoms with Crippen molar-refractivity contribution in [3.8, 4) is 0 Å². The molecule has 0 aliphatic carbocycles. The molecule has 0 spiro atoms. The van der Waals surface area contributed by atoms with Gasteiger partial charge in [0.15, 0.2) is 0 Å². The van der Waals surface area contributed by atoms with E-state index < -0.39 is 0 Å². The van der Waals surface area contributed by atoms with Crippen LogP contribution in [0, 0.1) is 0 Å². The Labute approximate surface area is 134 Å². The number of alkyl halides is 1. The average Bonchev–Trinajstić information content (AvgIpc) is 2.31. The van der Waals surface area contributed by atoms with Gasteiger partial charge in [0.1, 0.15) is 0 Å². The highest BCUT2D eigenvalue weighted by atomic mass is 79.9. The predicted molar refractivity (Wildman–Crippen MR) is 85.6 cm³/mol. The molecule has 0 N–H and O–H groups in total. The maximum absolute atomic E-state index is 6.45. The fraction of sp³-hybridized carbons (Fsp3) is 0.143. The minimum Gasteiger partial charge on any atom is -0.117 e. The molecule has 0 heterocycles. The molecule has 0 aliphatic heterocycles.